The summed E-state index contributed by atoms with van der Waals surface area (Å²) in [5.74, 6) is 1.47. The molecule has 0 saturated heterocycles. The number of anilines is 1. The van der Waals surface area contributed by atoms with Gasteiger partial charge < -0.3 is 5.32 Å². The van der Waals surface area contributed by atoms with E-state index in [1.165, 1.54) is 6.33 Å². The zero-order valence-corrected chi connectivity index (χ0v) is 14.9. The van der Waals surface area contributed by atoms with Crippen LogP contribution in [0.1, 0.15) is 23.7 Å². The first-order chi connectivity index (χ1) is 13.3. The fraction of sp³-hybridized carbons (Fsp3) is 0.143. The minimum atomic E-state index is 0.598. The second kappa shape index (κ2) is 7.26. The van der Waals surface area contributed by atoms with Crippen molar-refractivity contribution in [2.45, 2.75) is 19.9 Å². The molecule has 0 unspecified atom stereocenters. The average molecular weight is 354 g/mol. The Morgan fingerprint density at radius 1 is 1.11 bits per heavy atom. The van der Waals surface area contributed by atoms with E-state index in [1.54, 1.807) is 4.52 Å². The second-order valence-corrected chi connectivity index (χ2v) is 6.17. The van der Waals surface area contributed by atoms with Crippen molar-refractivity contribution in [2.24, 2.45) is 0 Å². The molecule has 0 aliphatic heterocycles. The van der Waals surface area contributed by atoms with E-state index in [0.717, 1.165) is 34.6 Å². The van der Waals surface area contributed by atoms with Crippen LogP contribution < -0.4 is 5.32 Å². The number of hydrogen-bond acceptors (Lipinski definition) is 5. The van der Waals surface area contributed by atoms with E-state index in [2.05, 4.69) is 45.5 Å². The SMILES string of the molecule is CCc1cc(NCc2ccc(-c3ccccc3C#N)cc2)n2ncnc2n1. The molecule has 2 aromatic carbocycles. The molecular formula is C21H18N6. The summed E-state index contributed by atoms with van der Waals surface area (Å²) in [6.07, 6.45) is 2.35. The molecule has 0 amide bonds. The van der Waals surface area contributed by atoms with Crippen molar-refractivity contribution in [3.05, 3.63) is 77.7 Å². The highest BCUT2D eigenvalue weighted by Gasteiger charge is 2.07. The fourth-order valence-electron chi connectivity index (χ4n) is 3.00. The quantitative estimate of drug-likeness (QED) is 0.589. The summed E-state index contributed by atoms with van der Waals surface area (Å²) < 4.78 is 1.71. The molecule has 0 aliphatic rings. The van der Waals surface area contributed by atoms with Gasteiger partial charge in [-0.3, -0.25) is 0 Å². The van der Waals surface area contributed by atoms with E-state index < -0.39 is 0 Å². The minimum absolute atomic E-state index is 0.598. The Morgan fingerprint density at radius 3 is 2.70 bits per heavy atom. The Morgan fingerprint density at radius 2 is 1.93 bits per heavy atom. The van der Waals surface area contributed by atoms with Crippen LogP contribution in [-0.2, 0) is 13.0 Å². The van der Waals surface area contributed by atoms with Crippen LogP contribution in [0.4, 0.5) is 5.82 Å². The number of aromatic nitrogens is 4. The van der Waals surface area contributed by atoms with Crippen molar-refractivity contribution >= 4 is 11.6 Å². The Labute approximate surface area is 157 Å². The smallest absolute Gasteiger partial charge is 0.254 e. The minimum Gasteiger partial charge on any atom is -0.366 e. The summed E-state index contributed by atoms with van der Waals surface area (Å²) in [4.78, 5) is 8.63. The van der Waals surface area contributed by atoms with Gasteiger partial charge in [0, 0.05) is 18.3 Å². The van der Waals surface area contributed by atoms with Crippen LogP contribution in [0.25, 0.3) is 16.9 Å². The Hall–Kier alpha value is -3.72. The number of rotatable bonds is 5. The van der Waals surface area contributed by atoms with Crippen LogP contribution in [0.3, 0.4) is 0 Å². The molecule has 0 radical (unpaired) electrons. The third-order valence-corrected chi connectivity index (χ3v) is 4.45. The summed E-state index contributed by atoms with van der Waals surface area (Å²) in [6, 6.07) is 20.1. The zero-order valence-electron chi connectivity index (χ0n) is 14.9. The van der Waals surface area contributed by atoms with Crippen molar-refractivity contribution in [3.8, 4) is 17.2 Å². The highest BCUT2D eigenvalue weighted by atomic mass is 15.3. The first kappa shape index (κ1) is 16.7. The van der Waals surface area contributed by atoms with E-state index in [9.17, 15) is 5.26 Å². The molecule has 1 N–H and O–H groups in total. The number of nitrogens with one attached hydrogen (secondary N) is 1. The number of nitriles is 1. The highest BCUT2D eigenvalue weighted by molar-refractivity contribution is 5.70. The second-order valence-electron chi connectivity index (χ2n) is 6.17. The third kappa shape index (κ3) is 3.35. The van der Waals surface area contributed by atoms with Gasteiger partial charge in [0.25, 0.3) is 5.78 Å². The summed E-state index contributed by atoms with van der Waals surface area (Å²) in [5.41, 5.74) is 4.77. The molecular weight excluding hydrogens is 336 g/mol. The van der Waals surface area contributed by atoms with Crippen LogP contribution in [0.5, 0.6) is 0 Å². The molecule has 132 valence electrons. The van der Waals surface area contributed by atoms with Crippen LogP contribution in [0, 0.1) is 11.3 Å². The number of hydrogen-bond donors (Lipinski definition) is 1. The van der Waals surface area contributed by atoms with Gasteiger partial charge in [0.1, 0.15) is 12.1 Å². The molecule has 2 aromatic heterocycles. The van der Waals surface area contributed by atoms with Crippen molar-refractivity contribution in [1.29, 1.82) is 5.26 Å². The van der Waals surface area contributed by atoms with Gasteiger partial charge in [-0.1, -0.05) is 49.4 Å². The Balaban J connectivity index is 1.55. The van der Waals surface area contributed by atoms with Gasteiger partial charge in [-0.2, -0.15) is 19.9 Å². The molecule has 0 atom stereocenters. The number of benzene rings is 2. The van der Waals surface area contributed by atoms with Crippen molar-refractivity contribution in [3.63, 3.8) is 0 Å². The summed E-state index contributed by atoms with van der Waals surface area (Å²) in [6.45, 7) is 2.72. The van der Waals surface area contributed by atoms with Gasteiger partial charge >= 0.3 is 0 Å². The largest absolute Gasteiger partial charge is 0.366 e. The van der Waals surface area contributed by atoms with Gasteiger partial charge in [0.15, 0.2) is 0 Å². The summed E-state index contributed by atoms with van der Waals surface area (Å²) in [7, 11) is 0. The normalized spacial score (nSPS) is 10.7. The van der Waals surface area contributed by atoms with E-state index in [4.69, 9.17) is 0 Å². The van der Waals surface area contributed by atoms with Gasteiger partial charge in [0.05, 0.1) is 11.6 Å². The van der Waals surface area contributed by atoms with Crippen LogP contribution in [0.15, 0.2) is 60.9 Å². The molecule has 0 spiro atoms. The maximum atomic E-state index is 9.28. The van der Waals surface area contributed by atoms with Gasteiger partial charge in [-0.25, -0.2) is 4.98 Å². The van der Waals surface area contributed by atoms with Crippen molar-refractivity contribution < 1.29 is 0 Å². The molecule has 2 heterocycles. The lowest BCUT2D eigenvalue weighted by atomic mass is 9.99. The summed E-state index contributed by atoms with van der Waals surface area (Å²) in [5, 5.41) is 16.9. The van der Waals surface area contributed by atoms with Gasteiger partial charge in [0.2, 0.25) is 0 Å². The molecule has 6 nitrogen and oxygen atoms in total. The lowest BCUT2D eigenvalue weighted by Crippen LogP contribution is -2.07. The molecule has 0 bridgehead atoms. The van der Waals surface area contributed by atoms with E-state index >= 15 is 0 Å². The molecule has 0 fully saturated rings. The molecule has 4 rings (SSSR count). The number of fused-ring (bicyclic) bond motifs is 1. The van der Waals surface area contributed by atoms with Crippen LogP contribution in [0.2, 0.25) is 0 Å². The number of nitrogens with zero attached hydrogens (tertiary/aromatic N) is 5. The van der Waals surface area contributed by atoms with Gasteiger partial charge in [-0.15, -0.1) is 0 Å². The molecule has 0 aliphatic carbocycles. The highest BCUT2D eigenvalue weighted by Crippen LogP contribution is 2.23. The van der Waals surface area contributed by atoms with E-state index in [1.807, 2.05) is 42.5 Å². The van der Waals surface area contributed by atoms with Crippen LogP contribution >= 0.6 is 0 Å². The maximum Gasteiger partial charge on any atom is 0.254 e. The van der Waals surface area contributed by atoms with Crippen molar-refractivity contribution in [2.75, 3.05) is 5.32 Å². The molecule has 0 saturated carbocycles. The predicted octanol–water partition coefficient (Wildman–Crippen LogP) is 3.84. The molecule has 6 heteroatoms. The molecule has 27 heavy (non-hydrogen) atoms. The van der Waals surface area contributed by atoms with E-state index in [0.29, 0.717) is 17.9 Å². The maximum absolute atomic E-state index is 9.28. The van der Waals surface area contributed by atoms with Crippen LogP contribution in [-0.4, -0.2) is 19.6 Å². The standard InChI is InChI=1S/C21H18N6/c1-2-18-11-20(27-21(26-18)24-14-25-27)23-13-15-7-9-16(10-8-15)19-6-4-3-5-17(19)12-22/h3-11,14,23H,2,13H2,1H3. The predicted molar refractivity (Wildman–Crippen MR) is 104 cm³/mol. The zero-order chi connectivity index (χ0) is 18.6. The molecule has 4 aromatic rings. The summed E-state index contributed by atoms with van der Waals surface area (Å²) >= 11 is 0. The lowest BCUT2D eigenvalue weighted by Gasteiger charge is -2.10. The topological polar surface area (TPSA) is 78.9 Å². The monoisotopic (exact) mass is 354 g/mol. The van der Waals surface area contributed by atoms with E-state index in [-0.39, 0.29) is 0 Å². The Kier molecular flexibility index (Phi) is 4.50. The van der Waals surface area contributed by atoms with Crippen molar-refractivity contribution in [1.82, 2.24) is 19.6 Å². The average Bonchev–Trinajstić information content (AvgIpc) is 3.21. The van der Waals surface area contributed by atoms with Gasteiger partial charge in [-0.05, 0) is 29.2 Å². The fourth-order valence-corrected chi connectivity index (χ4v) is 3.00. The number of aryl methyl sites for hydroxylation is 1. The Bertz CT molecular complexity index is 1120. The first-order valence-corrected chi connectivity index (χ1v) is 8.80. The lowest BCUT2D eigenvalue weighted by molar-refractivity contribution is 0.901. The first-order valence-electron chi connectivity index (χ1n) is 8.80. The third-order valence-electron chi connectivity index (χ3n) is 4.45.